The first-order chi connectivity index (χ1) is 8.11. The highest BCUT2D eigenvalue weighted by Crippen LogP contribution is 2.23. The van der Waals surface area contributed by atoms with Gasteiger partial charge in [-0.1, -0.05) is 6.92 Å². The number of hydrogen-bond acceptors (Lipinski definition) is 4. The van der Waals surface area contributed by atoms with Gasteiger partial charge in [-0.15, -0.1) is 11.8 Å². The number of carbonyl (C=O) groups excluding carboxylic acids is 1. The maximum atomic E-state index is 11.6. The van der Waals surface area contributed by atoms with E-state index in [9.17, 15) is 4.79 Å². The highest BCUT2D eigenvalue weighted by atomic mass is 32.2. The lowest BCUT2D eigenvalue weighted by atomic mass is 9.87. The Labute approximate surface area is 107 Å². The van der Waals surface area contributed by atoms with E-state index in [1.807, 2.05) is 0 Å². The number of thioether (sulfide) groups is 1. The zero-order valence-corrected chi connectivity index (χ0v) is 11.2. The Morgan fingerprint density at radius 1 is 1.41 bits per heavy atom. The minimum Gasteiger partial charge on any atom is -0.394 e. The van der Waals surface area contributed by atoms with E-state index in [0.717, 1.165) is 18.8 Å². The summed E-state index contributed by atoms with van der Waals surface area (Å²) in [5.41, 5.74) is 0. The fraction of sp³-hybridized carbons (Fsp3) is 0.917. The molecule has 0 heterocycles. The molecule has 17 heavy (non-hydrogen) atoms. The Morgan fingerprint density at radius 3 is 2.65 bits per heavy atom. The van der Waals surface area contributed by atoms with Crippen LogP contribution in [0.1, 0.15) is 32.6 Å². The maximum Gasteiger partial charge on any atom is 0.230 e. The molecule has 0 spiro atoms. The van der Waals surface area contributed by atoms with E-state index in [-0.39, 0.29) is 12.5 Å². The SMILES string of the molecule is CC1CCC(NC(=O)CSCC(O)CO)CC1. The molecule has 0 aliphatic heterocycles. The molecule has 0 aromatic rings. The second-order valence-electron chi connectivity index (χ2n) is 4.88. The standard InChI is InChI=1S/C12H23NO3S/c1-9-2-4-10(5-3-9)13-12(16)8-17-7-11(15)6-14/h9-11,14-15H,2-8H2,1H3,(H,13,16). The average molecular weight is 261 g/mol. The molecule has 0 aromatic carbocycles. The van der Waals surface area contributed by atoms with Gasteiger partial charge in [-0.2, -0.15) is 0 Å². The quantitative estimate of drug-likeness (QED) is 0.660. The van der Waals surface area contributed by atoms with Crippen LogP contribution in [0, 0.1) is 5.92 Å². The van der Waals surface area contributed by atoms with Crippen LogP contribution in [0.2, 0.25) is 0 Å². The third kappa shape index (κ3) is 6.29. The predicted octanol–water partition coefficient (Wildman–Crippen LogP) is 0.768. The van der Waals surface area contributed by atoms with Gasteiger partial charge in [0.2, 0.25) is 5.91 Å². The highest BCUT2D eigenvalue weighted by Gasteiger charge is 2.19. The Morgan fingerprint density at radius 2 is 2.06 bits per heavy atom. The highest BCUT2D eigenvalue weighted by molar-refractivity contribution is 7.99. The summed E-state index contributed by atoms with van der Waals surface area (Å²) in [6.45, 7) is 2.01. The minimum absolute atomic E-state index is 0.0414. The van der Waals surface area contributed by atoms with Crippen LogP contribution in [0.15, 0.2) is 0 Å². The van der Waals surface area contributed by atoms with Gasteiger partial charge in [-0.25, -0.2) is 0 Å². The Bertz CT molecular complexity index is 230. The summed E-state index contributed by atoms with van der Waals surface area (Å²) in [4.78, 5) is 11.6. The third-order valence-electron chi connectivity index (χ3n) is 3.14. The fourth-order valence-corrected chi connectivity index (χ4v) is 2.78. The van der Waals surface area contributed by atoms with E-state index in [1.54, 1.807) is 0 Å². The van der Waals surface area contributed by atoms with Crippen molar-refractivity contribution < 1.29 is 15.0 Å². The summed E-state index contributed by atoms with van der Waals surface area (Å²) >= 11 is 1.36. The first-order valence-electron chi connectivity index (χ1n) is 6.27. The van der Waals surface area contributed by atoms with Crippen molar-refractivity contribution in [3.05, 3.63) is 0 Å². The van der Waals surface area contributed by atoms with Gasteiger partial charge in [0.05, 0.1) is 18.5 Å². The van der Waals surface area contributed by atoms with E-state index in [0.29, 0.717) is 17.5 Å². The molecular weight excluding hydrogens is 238 g/mol. The van der Waals surface area contributed by atoms with Crippen molar-refractivity contribution in [2.75, 3.05) is 18.1 Å². The molecule has 1 atom stereocenters. The van der Waals surface area contributed by atoms with Crippen LogP contribution < -0.4 is 5.32 Å². The van der Waals surface area contributed by atoms with Crippen molar-refractivity contribution in [1.29, 1.82) is 0 Å². The number of aliphatic hydroxyl groups is 2. The molecular formula is C12H23NO3S. The lowest BCUT2D eigenvalue weighted by Gasteiger charge is -2.26. The average Bonchev–Trinajstić information content (AvgIpc) is 2.32. The van der Waals surface area contributed by atoms with Crippen molar-refractivity contribution in [3.8, 4) is 0 Å². The van der Waals surface area contributed by atoms with E-state index in [4.69, 9.17) is 10.2 Å². The number of hydrogen-bond donors (Lipinski definition) is 3. The topological polar surface area (TPSA) is 69.6 Å². The molecule has 1 unspecified atom stereocenters. The molecule has 1 amide bonds. The number of nitrogens with one attached hydrogen (secondary N) is 1. The monoisotopic (exact) mass is 261 g/mol. The molecule has 3 N–H and O–H groups in total. The molecule has 4 nitrogen and oxygen atoms in total. The van der Waals surface area contributed by atoms with Gasteiger partial charge < -0.3 is 15.5 Å². The van der Waals surface area contributed by atoms with E-state index < -0.39 is 6.10 Å². The van der Waals surface area contributed by atoms with Crippen molar-refractivity contribution in [2.45, 2.75) is 44.8 Å². The first-order valence-corrected chi connectivity index (χ1v) is 7.43. The van der Waals surface area contributed by atoms with Gasteiger partial charge in [0.25, 0.3) is 0 Å². The molecule has 100 valence electrons. The molecule has 0 radical (unpaired) electrons. The Hall–Kier alpha value is -0.260. The third-order valence-corrected chi connectivity index (χ3v) is 4.22. The molecule has 1 fully saturated rings. The summed E-state index contributed by atoms with van der Waals surface area (Å²) in [7, 11) is 0. The number of rotatable bonds is 6. The zero-order chi connectivity index (χ0) is 12.7. The van der Waals surface area contributed by atoms with Crippen LogP contribution in [0.3, 0.4) is 0 Å². The van der Waals surface area contributed by atoms with Gasteiger partial charge in [-0.05, 0) is 31.6 Å². The van der Waals surface area contributed by atoms with Crippen molar-refractivity contribution in [3.63, 3.8) is 0 Å². The normalized spacial score (nSPS) is 26.5. The van der Waals surface area contributed by atoms with Crippen LogP contribution in [0.4, 0.5) is 0 Å². The van der Waals surface area contributed by atoms with E-state index >= 15 is 0 Å². The van der Waals surface area contributed by atoms with Gasteiger partial charge in [0.1, 0.15) is 0 Å². The van der Waals surface area contributed by atoms with Crippen LogP contribution in [0.5, 0.6) is 0 Å². The lowest BCUT2D eigenvalue weighted by molar-refractivity contribution is -0.119. The molecule has 0 aromatic heterocycles. The smallest absolute Gasteiger partial charge is 0.230 e. The van der Waals surface area contributed by atoms with Crippen molar-refractivity contribution >= 4 is 17.7 Å². The van der Waals surface area contributed by atoms with Gasteiger partial charge in [0, 0.05) is 11.8 Å². The van der Waals surface area contributed by atoms with Crippen LogP contribution in [-0.4, -0.2) is 46.4 Å². The zero-order valence-electron chi connectivity index (χ0n) is 10.4. The largest absolute Gasteiger partial charge is 0.394 e. The Balaban J connectivity index is 2.08. The lowest BCUT2D eigenvalue weighted by Crippen LogP contribution is -2.38. The van der Waals surface area contributed by atoms with Gasteiger partial charge in [0.15, 0.2) is 0 Å². The Kier molecular flexibility index (Phi) is 6.92. The molecule has 0 bridgehead atoms. The maximum absolute atomic E-state index is 11.6. The molecule has 1 saturated carbocycles. The van der Waals surface area contributed by atoms with Crippen LogP contribution >= 0.6 is 11.8 Å². The van der Waals surface area contributed by atoms with Gasteiger partial charge in [-0.3, -0.25) is 4.79 Å². The summed E-state index contributed by atoms with van der Waals surface area (Å²) in [5.74, 6) is 1.60. The second kappa shape index (κ2) is 7.95. The summed E-state index contributed by atoms with van der Waals surface area (Å²) in [5, 5.41) is 20.8. The van der Waals surface area contributed by atoms with E-state index in [1.165, 1.54) is 24.6 Å². The molecule has 1 aliphatic rings. The number of carbonyl (C=O) groups is 1. The van der Waals surface area contributed by atoms with Crippen molar-refractivity contribution in [2.24, 2.45) is 5.92 Å². The molecule has 1 aliphatic carbocycles. The summed E-state index contributed by atoms with van der Waals surface area (Å²) in [6, 6.07) is 0.335. The minimum atomic E-state index is -0.719. The van der Waals surface area contributed by atoms with Crippen LogP contribution in [-0.2, 0) is 4.79 Å². The number of amides is 1. The van der Waals surface area contributed by atoms with Gasteiger partial charge >= 0.3 is 0 Å². The molecule has 0 saturated heterocycles. The fourth-order valence-electron chi connectivity index (χ4n) is 2.01. The number of aliphatic hydroxyl groups excluding tert-OH is 2. The molecule has 1 rings (SSSR count). The second-order valence-corrected chi connectivity index (χ2v) is 5.91. The summed E-state index contributed by atoms with van der Waals surface area (Å²) < 4.78 is 0. The predicted molar refractivity (Wildman–Crippen MR) is 70.0 cm³/mol. The molecule has 5 heteroatoms. The van der Waals surface area contributed by atoms with Crippen molar-refractivity contribution in [1.82, 2.24) is 5.32 Å². The van der Waals surface area contributed by atoms with E-state index in [2.05, 4.69) is 12.2 Å². The van der Waals surface area contributed by atoms with Crippen LogP contribution in [0.25, 0.3) is 0 Å². The first kappa shape index (κ1) is 14.8. The summed E-state index contributed by atoms with van der Waals surface area (Å²) in [6.07, 6.45) is 3.83.